The van der Waals surface area contributed by atoms with Crippen molar-refractivity contribution in [1.82, 2.24) is 19.7 Å². The van der Waals surface area contributed by atoms with Crippen LogP contribution < -0.4 is 0 Å². The van der Waals surface area contributed by atoms with E-state index in [1.54, 1.807) is 42.9 Å². The number of amides is 1. The zero-order valence-corrected chi connectivity index (χ0v) is 11.7. The first-order valence-corrected chi connectivity index (χ1v) is 6.51. The monoisotopic (exact) mass is 270 g/mol. The summed E-state index contributed by atoms with van der Waals surface area (Å²) in [6.07, 6.45) is 9.12. The van der Waals surface area contributed by atoms with Crippen molar-refractivity contribution in [3.8, 4) is 0 Å². The van der Waals surface area contributed by atoms with Gasteiger partial charge in [-0.15, -0.1) is 0 Å². The van der Waals surface area contributed by atoms with Crippen LogP contribution in [0.3, 0.4) is 0 Å². The lowest BCUT2D eigenvalue weighted by molar-refractivity contribution is 0.0726. The van der Waals surface area contributed by atoms with Crippen molar-refractivity contribution in [1.29, 1.82) is 0 Å². The van der Waals surface area contributed by atoms with Crippen LogP contribution >= 0.6 is 0 Å². The number of pyridine rings is 1. The first-order chi connectivity index (χ1) is 9.67. The first-order valence-electron chi connectivity index (χ1n) is 6.51. The molecule has 2 aromatic heterocycles. The molecule has 1 amide bonds. The molecule has 0 aliphatic rings. The van der Waals surface area contributed by atoms with E-state index in [0.29, 0.717) is 5.56 Å². The van der Waals surface area contributed by atoms with Gasteiger partial charge in [0.05, 0.1) is 17.8 Å². The van der Waals surface area contributed by atoms with Crippen LogP contribution in [0, 0.1) is 0 Å². The van der Waals surface area contributed by atoms with Gasteiger partial charge in [-0.25, -0.2) is 4.68 Å². The van der Waals surface area contributed by atoms with E-state index >= 15 is 0 Å². The van der Waals surface area contributed by atoms with Gasteiger partial charge in [0.1, 0.15) is 0 Å². The molecular weight excluding hydrogens is 252 g/mol. The topological polar surface area (TPSA) is 51.0 Å². The Morgan fingerprint density at radius 3 is 2.90 bits per heavy atom. The Morgan fingerprint density at radius 1 is 1.55 bits per heavy atom. The van der Waals surface area contributed by atoms with Crippen LogP contribution in [0.5, 0.6) is 0 Å². The summed E-state index contributed by atoms with van der Waals surface area (Å²) in [7, 11) is 1.80. The van der Waals surface area contributed by atoms with Gasteiger partial charge < -0.3 is 4.90 Å². The molecular formula is C15H18N4O. The Hall–Kier alpha value is -2.43. The van der Waals surface area contributed by atoms with E-state index < -0.39 is 0 Å². The molecule has 0 fully saturated rings. The molecule has 20 heavy (non-hydrogen) atoms. The average molecular weight is 270 g/mol. The molecule has 2 rings (SSSR count). The summed E-state index contributed by atoms with van der Waals surface area (Å²) in [4.78, 5) is 18.3. The van der Waals surface area contributed by atoms with Crippen LogP contribution in [0.25, 0.3) is 6.20 Å². The van der Waals surface area contributed by atoms with Gasteiger partial charge in [0.15, 0.2) is 0 Å². The van der Waals surface area contributed by atoms with E-state index in [2.05, 4.69) is 23.6 Å². The minimum absolute atomic E-state index is 0.00304. The van der Waals surface area contributed by atoms with Crippen LogP contribution in [0.15, 0.2) is 43.5 Å². The van der Waals surface area contributed by atoms with Crippen molar-refractivity contribution in [2.45, 2.75) is 19.4 Å². The summed E-state index contributed by atoms with van der Waals surface area (Å²) in [5, 5.41) is 4.03. The summed E-state index contributed by atoms with van der Waals surface area (Å²) in [5.41, 5.74) is 1.58. The fourth-order valence-electron chi connectivity index (χ4n) is 2.20. The van der Waals surface area contributed by atoms with Crippen molar-refractivity contribution < 1.29 is 4.79 Å². The van der Waals surface area contributed by atoms with E-state index in [-0.39, 0.29) is 11.9 Å². The van der Waals surface area contributed by atoms with Crippen LogP contribution in [-0.4, -0.2) is 32.6 Å². The highest BCUT2D eigenvalue weighted by Gasteiger charge is 2.22. The molecule has 0 N–H and O–H groups in total. The summed E-state index contributed by atoms with van der Waals surface area (Å²) in [6, 6.07) is 3.87. The summed E-state index contributed by atoms with van der Waals surface area (Å²) in [6.45, 7) is 5.66. The van der Waals surface area contributed by atoms with Crippen LogP contribution in [0.1, 0.15) is 35.3 Å². The lowest BCUT2D eigenvalue weighted by Crippen LogP contribution is -2.30. The smallest absolute Gasteiger partial charge is 0.257 e. The molecule has 0 unspecified atom stereocenters. The molecule has 2 heterocycles. The highest BCUT2D eigenvalue weighted by Crippen LogP contribution is 2.23. The lowest BCUT2D eigenvalue weighted by atomic mass is 10.0. The Balaban J connectivity index is 2.22. The van der Waals surface area contributed by atoms with E-state index in [0.717, 1.165) is 12.0 Å². The second-order valence-corrected chi connectivity index (χ2v) is 4.52. The van der Waals surface area contributed by atoms with E-state index in [9.17, 15) is 4.79 Å². The molecule has 104 valence electrons. The highest BCUT2D eigenvalue weighted by molar-refractivity contribution is 5.93. The van der Waals surface area contributed by atoms with Gasteiger partial charge in [-0.1, -0.05) is 19.6 Å². The molecule has 0 aromatic carbocycles. The van der Waals surface area contributed by atoms with Crippen molar-refractivity contribution >= 4 is 12.1 Å². The number of carbonyl (C=O) groups is 1. The fraction of sp³-hybridized carbons (Fsp3) is 0.267. The standard InChI is InChI=1S/C15H18N4O/c1-4-14(12-7-6-8-16-9-12)18(3)15(20)13-10-17-19(5-2)11-13/h5-11,14H,2,4H2,1,3H3/t14-/m0/s1. The highest BCUT2D eigenvalue weighted by atomic mass is 16.2. The lowest BCUT2D eigenvalue weighted by Gasteiger charge is -2.27. The summed E-state index contributed by atoms with van der Waals surface area (Å²) < 4.78 is 1.52. The quantitative estimate of drug-likeness (QED) is 0.839. The zero-order chi connectivity index (χ0) is 14.5. The van der Waals surface area contributed by atoms with Gasteiger partial charge >= 0.3 is 0 Å². The van der Waals surface area contributed by atoms with Crippen LogP contribution in [-0.2, 0) is 0 Å². The van der Waals surface area contributed by atoms with E-state index in [1.807, 2.05) is 12.1 Å². The molecule has 0 bridgehead atoms. The minimum Gasteiger partial charge on any atom is -0.335 e. The van der Waals surface area contributed by atoms with Crippen molar-refractivity contribution in [2.75, 3.05) is 7.05 Å². The maximum Gasteiger partial charge on any atom is 0.257 e. The number of aromatic nitrogens is 3. The Labute approximate surface area is 118 Å². The molecule has 0 saturated carbocycles. The van der Waals surface area contributed by atoms with Crippen LogP contribution in [0.4, 0.5) is 0 Å². The molecule has 0 aliphatic heterocycles. The Bertz CT molecular complexity index is 591. The number of rotatable bonds is 5. The molecule has 1 atom stereocenters. The third-order valence-electron chi connectivity index (χ3n) is 3.28. The summed E-state index contributed by atoms with van der Waals surface area (Å²) in [5.74, 6) is -0.0613. The molecule has 2 aromatic rings. The fourth-order valence-corrected chi connectivity index (χ4v) is 2.20. The molecule has 5 heteroatoms. The van der Waals surface area contributed by atoms with E-state index in [4.69, 9.17) is 0 Å². The van der Waals surface area contributed by atoms with Gasteiger partial charge in [-0.3, -0.25) is 9.78 Å². The largest absolute Gasteiger partial charge is 0.335 e. The minimum atomic E-state index is -0.0613. The predicted molar refractivity (Wildman–Crippen MR) is 78.0 cm³/mol. The number of nitrogens with zero attached hydrogens (tertiary/aromatic N) is 4. The van der Waals surface area contributed by atoms with Crippen molar-refractivity contribution in [3.05, 3.63) is 54.6 Å². The predicted octanol–water partition coefficient (Wildman–Crippen LogP) is 2.60. The van der Waals surface area contributed by atoms with Gasteiger partial charge in [0.25, 0.3) is 5.91 Å². The third kappa shape index (κ3) is 2.77. The second kappa shape index (κ2) is 6.14. The normalized spacial score (nSPS) is 11.9. The number of hydrogen-bond donors (Lipinski definition) is 0. The third-order valence-corrected chi connectivity index (χ3v) is 3.28. The molecule has 0 saturated heterocycles. The summed E-state index contributed by atoms with van der Waals surface area (Å²) >= 11 is 0. The zero-order valence-electron chi connectivity index (χ0n) is 11.7. The molecule has 5 nitrogen and oxygen atoms in total. The van der Waals surface area contributed by atoms with Crippen molar-refractivity contribution in [2.24, 2.45) is 0 Å². The average Bonchev–Trinajstić information content (AvgIpc) is 2.97. The number of carbonyl (C=O) groups excluding carboxylic acids is 1. The van der Waals surface area contributed by atoms with Crippen molar-refractivity contribution in [3.63, 3.8) is 0 Å². The Morgan fingerprint density at radius 2 is 2.35 bits per heavy atom. The molecule has 0 aliphatic carbocycles. The maximum absolute atomic E-state index is 12.5. The van der Waals surface area contributed by atoms with Crippen LogP contribution in [0.2, 0.25) is 0 Å². The Kier molecular flexibility index (Phi) is 4.30. The molecule has 0 radical (unpaired) electrons. The van der Waals surface area contributed by atoms with Gasteiger partial charge in [0.2, 0.25) is 0 Å². The molecule has 0 spiro atoms. The maximum atomic E-state index is 12.5. The second-order valence-electron chi connectivity index (χ2n) is 4.52. The first kappa shape index (κ1) is 14.0. The number of hydrogen-bond acceptors (Lipinski definition) is 3. The van der Waals surface area contributed by atoms with E-state index in [1.165, 1.54) is 4.68 Å². The SMILES string of the molecule is C=Cn1cc(C(=O)N(C)[C@@H](CC)c2cccnc2)cn1. The van der Waals surface area contributed by atoms with Gasteiger partial charge in [0, 0.05) is 31.8 Å². The van der Waals surface area contributed by atoms with Gasteiger partial charge in [-0.2, -0.15) is 5.10 Å². The van der Waals surface area contributed by atoms with Gasteiger partial charge in [-0.05, 0) is 18.1 Å².